The molecule has 0 aliphatic rings. The predicted octanol–water partition coefficient (Wildman–Crippen LogP) is 3.90. The van der Waals surface area contributed by atoms with E-state index in [0.29, 0.717) is 11.3 Å². The van der Waals surface area contributed by atoms with E-state index in [1.54, 1.807) is 29.1 Å². The molecule has 4 aromatic rings. The second-order valence-electron chi connectivity index (χ2n) is 5.64. The van der Waals surface area contributed by atoms with Crippen molar-refractivity contribution in [2.45, 2.75) is 13.5 Å². The first-order valence-electron chi connectivity index (χ1n) is 7.90. The van der Waals surface area contributed by atoms with Crippen molar-refractivity contribution >= 4 is 5.65 Å². The number of rotatable bonds is 3. The Morgan fingerprint density at radius 2 is 1.84 bits per heavy atom. The summed E-state index contributed by atoms with van der Waals surface area (Å²) in [5.41, 5.74) is 4.65. The summed E-state index contributed by atoms with van der Waals surface area (Å²) < 4.78 is 17.0. The molecular weight excluding hydrogens is 317 g/mol. The lowest BCUT2D eigenvalue weighted by molar-refractivity contribution is 0.628. The van der Waals surface area contributed by atoms with Gasteiger partial charge in [0, 0.05) is 23.9 Å². The first-order chi connectivity index (χ1) is 12.2. The standard InChI is InChI=1S/C19H14FN5/c1-2-24-12-23-18(13-3-6-15(20)7-4-13)19(24)14-5-8-17-22-10-16(9-21)25(17)11-14/h3-8,10-12H,2H2,1H3. The second-order valence-corrected chi connectivity index (χ2v) is 5.64. The van der Waals surface area contributed by atoms with E-state index in [0.717, 1.165) is 29.1 Å². The average Bonchev–Trinajstić information content (AvgIpc) is 3.25. The van der Waals surface area contributed by atoms with Crippen LogP contribution in [0.3, 0.4) is 0 Å². The molecule has 0 fully saturated rings. The number of nitrogens with zero attached hydrogens (tertiary/aromatic N) is 5. The number of aryl methyl sites for hydroxylation is 1. The summed E-state index contributed by atoms with van der Waals surface area (Å²) >= 11 is 0. The van der Waals surface area contributed by atoms with E-state index < -0.39 is 0 Å². The van der Waals surface area contributed by atoms with Crippen LogP contribution in [0.5, 0.6) is 0 Å². The molecule has 0 amide bonds. The highest BCUT2D eigenvalue weighted by molar-refractivity contribution is 5.79. The molecule has 0 unspecified atom stereocenters. The molecule has 122 valence electrons. The monoisotopic (exact) mass is 331 g/mol. The van der Waals surface area contributed by atoms with Crippen molar-refractivity contribution in [1.82, 2.24) is 18.9 Å². The number of pyridine rings is 1. The van der Waals surface area contributed by atoms with Gasteiger partial charge in [0.1, 0.15) is 23.2 Å². The summed E-state index contributed by atoms with van der Waals surface area (Å²) in [5, 5.41) is 9.24. The summed E-state index contributed by atoms with van der Waals surface area (Å²) in [7, 11) is 0. The van der Waals surface area contributed by atoms with Crippen molar-refractivity contribution in [3.8, 4) is 28.6 Å². The molecule has 0 aliphatic heterocycles. The van der Waals surface area contributed by atoms with E-state index in [1.807, 2.05) is 29.8 Å². The van der Waals surface area contributed by atoms with E-state index in [1.165, 1.54) is 12.1 Å². The van der Waals surface area contributed by atoms with E-state index in [-0.39, 0.29) is 5.82 Å². The van der Waals surface area contributed by atoms with Crippen LogP contribution in [0.4, 0.5) is 4.39 Å². The molecule has 1 aromatic carbocycles. The summed E-state index contributed by atoms with van der Waals surface area (Å²) in [6.07, 6.45) is 5.21. The van der Waals surface area contributed by atoms with Gasteiger partial charge in [0.05, 0.1) is 23.9 Å². The number of aromatic nitrogens is 4. The fourth-order valence-electron chi connectivity index (χ4n) is 2.95. The van der Waals surface area contributed by atoms with Crippen LogP contribution in [0.1, 0.15) is 12.6 Å². The molecule has 0 atom stereocenters. The highest BCUT2D eigenvalue weighted by Crippen LogP contribution is 2.31. The molecule has 0 saturated carbocycles. The molecule has 3 heterocycles. The van der Waals surface area contributed by atoms with Crippen LogP contribution >= 0.6 is 0 Å². The van der Waals surface area contributed by atoms with Crippen molar-refractivity contribution in [1.29, 1.82) is 5.26 Å². The Morgan fingerprint density at radius 1 is 1.08 bits per heavy atom. The zero-order chi connectivity index (χ0) is 17.4. The van der Waals surface area contributed by atoms with E-state index in [4.69, 9.17) is 0 Å². The van der Waals surface area contributed by atoms with Gasteiger partial charge in [-0.2, -0.15) is 5.26 Å². The second kappa shape index (κ2) is 5.87. The number of benzene rings is 1. The number of halogens is 1. The molecule has 0 saturated heterocycles. The maximum atomic E-state index is 13.3. The maximum Gasteiger partial charge on any atom is 0.144 e. The van der Waals surface area contributed by atoms with Gasteiger partial charge in [-0.15, -0.1) is 0 Å². The van der Waals surface area contributed by atoms with Crippen LogP contribution in [-0.4, -0.2) is 18.9 Å². The number of nitriles is 1. The first kappa shape index (κ1) is 15.1. The van der Waals surface area contributed by atoms with E-state index in [9.17, 15) is 9.65 Å². The Balaban J connectivity index is 1.94. The Morgan fingerprint density at radius 3 is 2.56 bits per heavy atom. The Bertz CT molecular complexity index is 1100. The van der Waals surface area contributed by atoms with Crippen molar-refractivity contribution in [2.75, 3.05) is 0 Å². The third kappa shape index (κ3) is 2.46. The Labute approximate surface area is 143 Å². The van der Waals surface area contributed by atoms with Gasteiger partial charge in [-0.25, -0.2) is 14.4 Å². The molecule has 25 heavy (non-hydrogen) atoms. The first-order valence-corrected chi connectivity index (χ1v) is 7.90. The largest absolute Gasteiger partial charge is 0.330 e. The summed E-state index contributed by atoms with van der Waals surface area (Å²) in [5.74, 6) is -0.279. The average molecular weight is 331 g/mol. The maximum absolute atomic E-state index is 13.3. The normalized spacial score (nSPS) is 10.9. The van der Waals surface area contributed by atoms with Gasteiger partial charge in [-0.05, 0) is 43.3 Å². The van der Waals surface area contributed by atoms with Gasteiger partial charge in [0.15, 0.2) is 0 Å². The molecule has 0 aliphatic carbocycles. The molecule has 5 nitrogen and oxygen atoms in total. The molecule has 3 aromatic heterocycles. The van der Waals surface area contributed by atoms with E-state index >= 15 is 0 Å². The van der Waals surface area contributed by atoms with Crippen LogP contribution in [-0.2, 0) is 6.54 Å². The molecule has 6 heteroatoms. The van der Waals surface area contributed by atoms with Crippen molar-refractivity contribution in [3.63, 3.8) is 0 Å². The van der Waals surface area contributed by atoms with Crippen molar-refractivity contribution < 1.29 is 4.39 Å². The minimum Gasteiger partial charge on any atom is -0.330 e. The van der Waals surface area contributed by atoms with Crippen LogP contribution in [0.15, 0.2) is 55.1 Å². The predicted molar refractivity (Wildman–Crippen MR) is 92.2 cm³/mol. The summed E-state index contributed by atoms with van der Waals surface area (Å²) in [6.45, 7) is 2.78. The van der Waals surface area contributed by atoms with Crippen LogP contribution in [0.2, 0.25) is 0 Å². The van der Waals surface area contributed by atoms with Gasteiger partial charge in [-0.3, -0.25) is 4.40 Å². The minimum atomic E-state index is -0.279. The minimum absolute atomic E-state index is 0.279. The third-order valence-electron chi connectivity index (χ3n) is 4.19. The summed E-state index contributed by atoms with van der Waals surface area (Å²) in [6, 6.07) is 12.3. The Hall–Kier alpha value is -3.46. The number of hydrogen-bond acceptors (Lipinski definition) is 3. The molecule has 4 rings (SSSR count). The highest BCUT2D eigenvalue weighted by Gasteiger charge is 2.16. The topological polar surface area (TPSA) is 58.9 Å². The number of imidazole rings is 2. The van der Waals surface area contributed by atoms with Crippen molar-refractivity contribution in [2.24, 2.45) is 0 Å². The molecular formula is C19H14FN5. The molecule has 0 bridgehead atoms. The third-order valence-corrected chi connectivity index (χ3v) is 4.19. The number of hydrogen-bond donors (Lipinski definition) is 0. The van der Waals surface area contributed by atoms with E-state index in [2.05, 4.69) is 16.0 Å². The van der Waals surface area contributed by atoms with Gasteiger partial charge in [-0.1, -0.05) is 0 Å². The number of fused-ring (bicyclic) bond motifs is 1. The van der Waals surface area contributed by atoms with Crippen LogP contribution in [0.25, 0.3) is 28.2 Å². The van der Waals surface area contributed by atoms with Crippen LogP contribution in [0, 0.1) is 17.1 Å². The van der Waals surface area contributed by atoms with Gasteiger partial charge in [0.25, 0.3) is 0 Å². The zero-order valence-electron chi connectivity index (χ0n) is 13.5. The van der Waals surface area contributed by atoms with Gasteiger partial charge in [0.2, 0.25) is 0 Å². The SMILES string of the molecule is CCn1cnc(-c2ccc(F)cc2)c1-c1ccc2ncc(C#N)n2c1. The van der Waals surface area contributed by atoms with Crippen LogP contribution < -0.4 is 0 Å². The molecule has 0 N–H and O–H groups in total. The Kier molecular flexibility index (Phi) is 3.55. The molecule has 0 radical (unpaired) electrons. The lowest BCUT2D eigenvalue weighted by atomic mass is 10.1. The van der Waals surface area contributed by atoms with Crippen molar-refractivity contribution in [3.05, 3.63) is 66.6 Å². The smallest absolute Gasteiger partial charge is 0.144 e. The highest BCUT2D eigenvalue weighted by atomic mass is 19.1. The quantitative estimate of drug-likeness (QED) is 0.572. The van der Waals surface area contributed by atoms with Gasteiger partial charge < -0.3 is 4.57 Å². The molecule has 0 spiro atoms. The van der Waals surface area contributed by atoms with Gasteiger partial charge >= 0.3 is 0 Å². The lowest BCUT2D eigenvalue weighted by Gasteiger charge is -2.10. The fourth-order valence-corrected chi connectivity index (χ4v) is 2.95. The summed E-state index contributed by atoms with van der Waals surface area (Å²) in [4.78, 5) is 8.75. The lowest BCUT2D eigenvalue weighted by Crippen LogP contribution is -1.98. The fraction of sp³-hybridized carbons (Fsp3) is 0.105. The zero-order valence-corrected chi connectivity index (χ0v) is 13.5.